The zero-order valence-electron chi connectivity index (χ0n) is 21.4. The first kappa shape index (κ1) is 23.5. The molecule has 3 heterocycles. The number of hydrogen-bond donors (Lipinski definition) is 1. The van der Waals surface area contributed by atoms with Crippen LogP contribution in [-0.4, -0.2) is 57.6 Å². The highest BCUT2D eigenvalue weighted by atomic mass is 15.2. The number of rotatable bonds is 7. The van der Waals surface area contributed by atoms with E-state index in [1.165, 1.54) is 16.7 Å². The molecule has 0 saturated carbocycles. The number of benzene rings is 2. The monoisotopic (exact) mass is 468 g/mol. The third kappa shape index (κ3) is 5.39. The number of piperazine rings is 1. The fourth-order valence-electron chi connectivity index (χ4n) is 4.88. The Hall–Kier alpha value is -3.22. The second-order valence-corrected chi connectivity index (χ2v) is 9.82. The molecule has 1 fully saturated rings. The van der Waals surface area contributed by atoms with Gasteiger partial charge in [-0.15, -0.1) is 0 Å². The van der Waals surface area contributed by atoms with E-state index in [2.05, 4.69) is 102 Å². The first-order chi connectivity index (χ1) is 17.0. The molecule has 6 heteroatoms. The van der Waals surface area contributed by atoms with Gasteiger partial charge in [0.2, 0.25) is 0 Å². The molecule has 0 spiro atoms. The molecule has 0 aliphatic carbocycles. The zero-order valence-corrected chi connectivity index (χ0v) is 21.4. The van der Waals surface area contributed by atoms with E-state index in [0.717, 1.165) is 79.7 Å². The summed E-state index contributed by atoms with van der Waals surface area (Å²) in [6.45, 7) is 12.7. The minimum atomic E-state index is 0.775. The van der Waals surface area contributed by atoms with Crippen LogP contribution in [0.25, 0.3) is 11.2 Å². The van der Waals surface area contributed by atoms with Crippen LogP contribution in [0.5, 0.6) is 0 Å². The van der Waals surface area contributed by atoms with Crippen molar-refractivity contribution in [2.45, 2.75) is 40.3 Å². The van der Waals surface area contributed by atoms with Crippen molar-refractivity contribution in [3.05, 3.63) is 82.8 Å². The molecule has 1 aliphatic heterocycles. The molecule has 1 aliphatic rings. The maximum absolute atomic E-state index is 4.87. The van der Waals surface area contributed by atoms with Crippen molar-refractivity contribution in [3.8, 4) is 0 Å². The number of imidazole rings is 1. The molecule has 1 N–H and O–H groups in total. The second-order valence-electron chi connectivity index (χ2n) is 9.82. The zero-order chi connectivity index (χ0) is 24.4. The van der Waals surface area contributed by atoms with Gasteiger partial charge in [-0.05, 0) is 67.9 Å². The van der Waals surface area contributed by atoms with Gasteiger partial charge in [0.1, 0.15) is 11.3 Å². The summed E-state index contributed by atoms with van der Waals surface area (Å²) in [5.41, 5.74) is 9.05. The molecular weight excluding hydrogens is 432 g/mol. The molecule has 35 heavy (non-hydrogen) atoms. The summed E-state index contributed by atoms with van der Waals surface area (Å²) in [4.78, 5) is 14.6. The Bertz CT molecular complexity index is 1280. The maximum atomic E-state index is 4.87. The summed E-state index contributed by atoms with van der Waals surface area (Å²) in [5, 5.41) is 3.54. The summed E-state index contributed by atoms with van der Waals surface area (Å²) >= 11 is 0. The van der Waals surface area contributed by atoms with Gasteiger partial charge >= 0.3 is 0 Å². The van der Waals surface area contributed by atoms with Crippen LogP contribution < -0.4 is 5.32 Å². The number of aryl methyl sites for hydroxylation is 3. The van der Waals surface area contributed by atoms with Crippen molar-refractivity contribution in [1.29, 1.82) is 0 Å². The van der Waals surface area contributed by atoms with E-state index in [1.807, 2.05) is 0 Å². The van der Waals surface area contributed by atoms with Gasteiger partial charge in [-0.3, -0.25) is 4.90 Å². The van der Waals surface area contributed by atoms with Crippen LogP contribution >= 0.6 is 0 Å². The van der Waals surface area contributed by atoms with Crippen LogP contribution in [0.4, 0.5) is 11.4 Å². The lowest BCUT2D eigenvalue weighted by Crippen LogP contribution is -2.43. The Morgan fingerprint density at radius 1 is 0.800 bits per heavy atom. The Balaban J connectivity index is 1.24. The standard InChI is InChI=1S/C29H36N6/c1-5-27-32-28-21(2)18-22(3)30-29(28)35(27)20-24-8-12-26(13-9-24)31-25-10-6-23(7-11-25)19-34-16-14-33(4)15-17-34/h6-13,18,31H,5,14-17,19-20H2,1-4H3. The lowest BCUT2D eigenvalue weighted by molar-refractivity contribution is 0.148. The van der Waals surface area contributed by atoms with Crippen molar-refractivity contribution < 1.29 is 0 Å². The highest BCUT2D eigenvalue weighted by Crippen LogP contribution is 2.23. The highest BCUT2D eigenvalue weighted by molar-refractivity contribution is 5.76. The fraction of sp³-hybridized carbons (Fsp3) is 0.379. The Kier molecular flexibility index (Phi) is 6.84. The SMILES string of the molecule is CCc1nc2c(C)cc(C)nc2n1Cc1ccc(Nc2ccc(CN3CCN(C)CC3)cc2)cc1. The van der Waals surface area contributed by atoms with E-state index < -0.39 is 0 Å². The molecule has 2 aromatic carbocycles. The lowest BCUT2D eigenvalue weighted by atomic mass is 10.1. The van der Waals surface area contributed by atoms with E-state index in [1.54, 1.807) is 0 Å². The maximum Gasteiger partial charge on any atom is 0.160 e. The number of hydrogen-bond acceptors (Lipinski definition) is 5. The number of pyridine rings is 1. The van der Waals surface area contributed by atoms with Gasteiger partial charge in [0.25, 0.3) is 0 Å². The van der Waals surface area contributed by atoms with Crippen LogP contribution in [0.3, 0.4) is 0 Å². The van der Waals surface area contributed by atoms with Gasteiger partial charge < -0.3 is 14.8 Å². The average Bonchev–Trinajstić information content (AvgIpc) is 3.20. The number of aromatic nitrogens is 3. The molecule has 0 unspecified atom stereocenters. The van der Waals surface area contributed by atoms with Crippen molar-refractivity contribution in [2.75, 3.05) is 38.5 Å². The number of fused-ring (bicyclic) bond motifs is 1. The highest BCUT2D eigenvalue weighted by Gasteiger charge is 2.15. The van der Waals surface area contributed by atoms with E-state index >= 15 is 0 Å². The summed E-state index contributed by atoms with van der Waals surface area (Å²) in [7, 11) is 2.20. The Morgan fingerprint density at radius 2 is 1.40 bits per heavy atom. The number of nitrogens with zero attached hydrogens (tertiary/aromatic N) is 5. The minimum absolute atomic E-state index is 0.775. The molecule has 6 nitrogen and oxygen atoms in total. The quantitative estimate of drug-likeness (QED) is 0.407. The van der Waals surface area contributed by atoms with E-state index in [9.17, 15) is 0 Å². The van der Waals surface area contributed by atoms with Gasteiger partial charge in [-0.1, -0.05) is 31.2 Å². The van der Waals surface area contributed by atoms with Gasteiger partial charge in [0.05, 0.1) is 6.54 Å². The van der Waals surface area contributed by atoms with Gasteiger partial charge in [-0.25, -0.2) is 9.97 Å². The molecule has 0 amide bonds. The van der Waals surface area contributed by atoms with Crippen LogP contribution in [0.2, 0.25) is 0 Å². The Morgan fingerprint density at radius 3 is 2.00 bits per heavy atom. The average molecular weight is 469 g/mol. The number of likely N-dealkylation sites (N-methyl/N-ethyl adjacent to an activating group) is 1. The van der Waals surface area contributed by atoms with Crippen LogP contribution in [0.1, 0.15) is 35.1 Å². The molecule has 182 valence electrons. The molecule has 0 bridgehead atoms. The normalized spacial score (nSPS) is 15.1. The summed E-state index contributed by atoms with van der Waals surface area (Å²) in [5.74, 6) is 1.08. The number of anilines is 2. The van der Waals surface area contributed by atoms with E-state index in [-0.39, 0.29) is 0 Å². The van der Waals surface area contributed by atoms with Crippen molar-refractivity contribution in [3.63, 3.8) is 0 Å². The van der Waals surface area contributed by atoms with Gasteiger partial charge in [0, 0.05) is 56.2 Å². The largest absolute Gasteiger partial charge is 0.356 e. The van der Waals surface area contributed by atoms with Crippen molar-refractivity contribution >= 4 is 22.5 Å². The first-order valence-electron chi connectivity index (χ1n) is 12.7. The number of nitrogens with one attached hydrogen (secondary N) is 1. The molecular formula is C29H36N6. The predicted molar refractivity (Wildman–Crippen MR) is 144 cm³/mol. The fourth-order valence-corrected chi connectivity index (χ4v) is 4.88. The summed E-state index contributed by atoms with van der Waals surface area (Å²) in [6, 6.07) is 19.6. The summed E-state index contributed by atoms with van der Waals surface area (Å²) in [6.07, 6.45) is 0.888. The molecule has 0 radical (unpaired) electrons. The van der Waals surface area contributed by atoms with Gasteiger partial charge in [0.15, 0.2) is 5.65 Å². The smallest absolute Gasteiger partial charge is 0.160 e. The van der Waals surface area contributed by atoms with Crippen molar-refractivity contribution in [1.82, 2.24) is 24.3 Å². The molecule has 4 aromatic rings. The van der Waals surface area contributed by atoms with Gasteiger partial charge in [-0.2, -0.15) is 0 Å². The van der Waals surface area contributed by atoms with Crippen molar-refractivity contribution in [2.24, 2.45) is 0 Å². The molecule has 5 rings (SSSR count). The molecule has 0 atom stereocenters. The Labute approximate surface area is 208 Å². The third-order valence-corrected chi connectivity index (χ3v) is 6.96. The molecule has 1 saturated heterocycles. The van der Waals surface area contributed by atoms with Crippen LogP contribution in [0.15, 0.2) is 54.6 Å². The van der Waals surface area contributed by atoms with E-state index in [0.29, 0.717) is 0 Å². The van der Waals surface area contributed by atoms with Crippen LogP contribution in [0, 0.1) is 13.8 Å². The summed E-state index contributed by atoms with van der Waals surface area (Å²) < 4.78 is 2.26. The predicted octanol–water partition coefficient (Wildman–Crippen LogP) is 5.15. The van der Waals surface area contributed by atoms with E-state index in [4.69, 9.17) is 9.97 Å². The minimum Gasteiger partial charge on any atom is -0.356 e. The topological polar surface area (TPSA) is 49.2 Å². The molecule has 2 aromatic heterocycles. The first-order valence-corrected chi connectivity index (χ1v) is 12.7. The second kappa shape index (κ2) is 10.2. The lowest BCUT2D eigenvalue weighted by Gasteiger charge is -2.32. The van der Waals surface area contributed by atoms with Crippen LogP contribution in [-0.2, 0) is 19.5 Å². The third-order valence-electron chi connectivity index (χ3n) is 6.96.